The van der Waals surface area contributed by atoms with Crippen molar-refractivity contribution in [3.63, 3.8) is 0 Å². The summed E-state index contributed by atoms with van der Waals surface area (Å²) in [6.45, 7) is 2.39. The van der Waals surface area contributed by atoms with Gasteiger partial charge in [0.05, 0.1) is 17.5 Å². The number of aromatic nitrogens is 1. The predicted molar refractivity (Wildman–Crippen MR) is 117 cm³/mol. The quantitative estimate of drug-likeness (QED) is 0.765. The van der Waals surface area contributed by atoms with Crippen molar-refractivity contribution in [2.45, 2.75) is 43.0 Å². The van der Waals surface area contributed by atoms with E-state index < -0.39 is 10.0 Å². The van der Waals surface area contributed by atoms with Crippen LogP contribution in [0.5, 0.6) is 0 Å². The number of sulfonamides is 1. The number of likely N-dealkylation sites (tertiary alicyclic amines) is 1. The number of nitrogens with zero attached hydrogens (tertiary/aromatic N) is 3. The summed E-state index contributed by atoms with van der Waals surface area (Å²) in [4.78, 5) is 15.1. The zero-order valence-electron chi connectivity index (χ0n) is 17.5. The van der Waals surface area contributed by atoms with E-state index in [1.54, 1.807) is 28.6 Å². The molecule has 30 heavy (non-hydrogen) atoms. The molecule has 2 aromatic rings. The van der Waals surface area contributed by atoms with Crippen LogP contribution in [0, 0.1) is 0 Å². The van der Waals surface area contributed by atoms with Gasteiger partial charge < -0.3 is 9.88 Å². The lowest BCUT2D eigenvalue weighted by Crippen LogP contribution is -2.35. The number of carbonyl (C=O) groups is 1. The van der Waals surface area contributed by atoms with Crippen molar-refractivity contribution in [2.75, 3.05) is 31.5 Å². The maximum Gasteiger partial charge on any atom is 0.243 e. The fraction of sp³-hybridized carbons (Fsp3) is 0.500. The molecule has 1 aromatic carbocycles. The van der Waals surface area contributed by atoms with Crippen molar-refractivity contribution >= 4 is 21.6 Å². The molecule has 0 bridgehead atoms. The Hall–Kier alpha value is -2.16. The molecule has 0 saturated carbocycles. The molecule has 0 unspecified atom stereocenters. The summed E-state index contributed by atoms with van der Waals surface area (Å²) in [5.41, 5.74) is 1.85. The highest BCUT2D eigenvalue weighted by Crippen LogP contribution is 2.31. The number of amides is 1. The summed E-state index contributed by atoms with van der Waals surface area (Å²) in [6.07, 6.45) is 7.06. The van der Waals surface area contributed by atoms with Gasteiger partial charge in [0.1, 0.15) is 0 Å². The predicted octanol–water partition coefficient (Wildman–Crippen LogP) is 2.98. The molecule has 2 fully saturated rings. The van der Waals surface area contributed by atoms with Crippen molar-refractivity contribution in [3.8, 4) is 0 Å². The smallest absolute Gasteiger partial charge is 0.243 e. The second-order valence-electron chi connectivity index (χ2n) is 8.21. The number of aryl methyl sites for hydroxylation is 1. The molecular weight excluding hydrogens is 400 g/mol. The molecule has 4 rings (SSSR count). The third-order valence-electron chi connectivity index (χ3n) is 6.13. The largest absolute Gasteiger partial charge is 0.353 e. The van der Waals surface area contributed by atoms with Crippen molar-refractivity contribution in [1.82, 2.24) is 13.8 Å². The molecule has 1 N–H and O–H groups in total. The molecule has 8 heteroatoms. The minimum absolute atomic E-state index is 0.0808. The first-order chi connectivity index (χ1) is 14.4. The van der Waals surface area contributed by atoms with Gasteiger partial charge in [-0.2, -0.15) is 4.31 Å². The van der Waals surface area contributed by atoms with Gasteiger partial charge in [-0.1, -0.05) is 6.42 Å². The van der Waals surface area contributed by atoms with E-state index in [9.17, 15) is 13.2 Å². The molecule has 1 atom stereocenters. The van der Waals surface area contributed by atoms with Crippen LogP contribution in [0.3, 0.4) is 0 Å². The molecule has 3 heterocycles. The Bertz CT molecular complexity index is 978. The van der Waals surface area contributed by atoms with Crippen molar-refractivity contribution in [1.29, 1.82) is 0 Å². The van der Waals surface area contributed by atoms with Gasteiger partial charge in [0.25, 0.3) is 0 Å². The number of piperidine rings is 1. The summed E-state index contributed by atoms with van der Waals surface area (Å²) in [7, 11) is -1.42. The van der Waals surface area contributed by atoms with Gasteiger partial charge >= 0.3 is 0 Å². The zero-order chi connectivity index (χ0) is 21.1. The topological polar surface area (TPSA) is 74.6 Å². The SMILES string of the molecule is Cn1cccc1[C@@H]1CCCN1CC(=O)Nc1ccc(S(=O)(=O)N2CCCCC2)cc1. The highest BCUT2D eigenvalue weighted by molar-refractivity contribution is 7.89. The van der Waals surface area contributed by atoms with Gasteiger partial charge in [-0.25, -0.2) is 8.42 Å². The van der Waals surface area contributed by atoms with Gasteiger partial charge in [-0.05, 0) is 68.6 Å². The number of benzene rings is 1. The lowest BCUT2D eigenvalue weighted by Gasteiger charge is -2.26. The van der Waals surface area contributed by atoms with E-state index in [0.717, 1.165) is 38.6 Å². The van der Waals surface area contributed by atoms with Gasteiger partial charge in [0.15, 0.2) is 0 Å². The third-order valence-corrected chi connectivity index (χ3v) is 8.04. The lowest BCUT2D eigenvalue weighted by molar-refractivity contribution is -0.117. The van der Waals surface area contributed by atoms with Gasteiger partial charge in [0, 0.05) is 37.7 Å². The molecule has 2 aliphatic heterocycles. The maximum atomic E-state index is 12.8. The monoisotopic (exact) mass is 430 g/mol. The van der Waals surface area contributed by atoms with Crippen LogP contribution in [0.1, 0.15) is 43.8 Å². The molecule has 162 valence electrons. The summed E-state index contributed by atoms with van der Waals surface area (Å²) in [6, 6.07) is 10.9. The number of nitrogens with one attached hydrogen (secondary N) is 1. The van der Waals surface area contributed by atoms with E-state index in [4.69, 9.17) is 0 Å². The van der Waals surface area contributed by atoms with Crippen molar-refractivity contribution < 1.29 is 13.2 Å². The zero-order valence-corrected chi connectivity index (χ0v) is 18.3. The average Bonchev–Trinajstić information content (AvgIpc) is 3.37. The first kappa shape index (κ1) is 21.1. The first-order valence-electron chi connectivity index (χ1n) is 10.7. The van der Waals surface area contributed by atoms with E-state index in [1.807, 2.05) is 19.3 Å². The van der Waals surface area contributed by atoms with E-state index in [1.165, 1.54) is 5.69 Å². The van der Waals surface area contributed by atoms with E-state index >= 15 is 0 Å². The Morgan fingerprint density at radius 2 is 1.77 bits per heavy atom. The minimum atomic E-state index is -3.45. The first-order valence-corrected chi connectivity index (χ1v) is 12.1. The van der Waals surface area contributed by atoms with Gasteiger partial charge in [-0.3, -0.25) is 9.69 Å². The molecule has 2 saturated heterocycles. The van der Waals surface area contributed by atoms with Crippen LogP contribution in [-0.4, -0.2) is 54.3 Å². The standard InChI is InChI=1S/C22H30N4O3S/c1-24-13-5-7-20(24)21-8-6-14-25(21)17-22(27)23-18-9-11-19(12-10-18)30(28,29)26-15-3-2-4-16-26/h5,7,9-13,21H,2-4,6,8,14-17H2,1H3,(H,23,27)/t21-/m0/s1. The Morgan fingerprint density at radius 1 is 1.03 bits per heavy atom. The van der Waals surface area contributed by atoms with Crippen molar-refractivity contribution in [2.24, 2.45) is 7.05 Å². The summed E-state index contributed by atoms with van der Waals surface area (Å²) in [5.74, 6) is -0.0808. The number of hydrogen-bond donors (Lipinski definition) is 1. The number of rotatable bonds is 6. The molecule has 1 amide bonds. The van der Waals surface area contributed by atoms with Crippen LogP contribution < -0.4 is 5.32 Å². The van der Waals surface area contributed by atoms with Crippen LogP contribution in [0.25, 0.3) is 0 Å². The molecule has 0 spiro atoms. The average molecular weight is 431 g/mol. The van der Waals surface area contributed by atoms with E-state index in [0.29, 0.717) is 25.3 Å². The summed E-state index contributed by atoms with van der Waals surface area (Å²) in [5, 5.41) is 2.91. The Labute approximate surface area is 178 Å². The molecule has 7 nitrogen and oxygen atoms in total. The third kappa shape index (κ3) is 4.45. The fourth-order valence-electron chi connectivity index (χ4n) is 4.52. The Balaban J connectivity index is 1.37. The van der Waals surface area contributed by atoms with Crippen LogP contribution in [0.15, 0.2) is 47.5 Å². The van der Waals surface area contributed by atoms with Crippen LogP contribution >= 0.6 is 0 Å². The van der Waals surface area contributed by atoms with E-state index in [2.05, 4.69) is 20.9 Å². The second kappa shape index (κ2) is 8.91. The van der Waals surface area contributed by atoms with Gasteiger partial charge in [0.2, 0.25) is 15.9 Å². The maximum absolute atomic E-state index is 12.8. The minimum Gasteiger partial charge on any atom is -0.353 e. The molecule has 2 aliphatic rings. The summed E-state index contributed by atoms with van der Waals surface area (Å²) >= 11 is 0. The van der Waals surface area contributed by atoms with E-state index in [-0.39, 0.29) is 16.8 Å². The lowest BCUT2D eigenvalue weighted by atomic mass is 10.1. The van der Waals surface area contributed by atoms with Crippen LogP contribution in [-0.2, 0) is 21.9 Å². The highest BCUT2D eigenvalue weighted by Gasteiger charge is 2.29. The molecule has 0 radical (unpaired) electrons. The Morgan fingerprint density at radius 3 is 2.43 bits per heavy atom. The molecule has 0 aliphatic carbocycles. The highest BCUT2D eigenvalue weighted by atomic mass is 32.2. The number of carbonyl (C=O) groups excluding carboxylic acids is 1. The second-order valence-corrected chi connectivity index (χ2v) is 10.1. The Kier molecular flexibility index (Phi) is 6.26. The summed E-state index contributed by atoms with van der Waals surface area (Å²) < 4.78 is 29.2. The van der Waals surface area contributed by atoms with Crippen molar-refractivity contribution in [3.05, 3.63) is 48.3 Å². The van der Waals surface area contributed by atoms with Gasteiger partial charge in [-0.15, -0.1) is 0 Å². The molecule has 1 aromatic heterocycles. The molecular formula is C22H30N4O3S. The normalized spacial score (nSPS) is 21.0. The van der Waals surface area contributed by atoms with Crippen LogP contribution in [0.4, 0.5) is 5.69 Å². The number of hydrogen-bond acceptors (Lipinski definition) is 4. The van der Waals surface area contributed by atoms with Crippen LogP contribution in [0.2, 0.25) is 0 Å². The number of anilines is 1. The fourth-order valence-corrected chi connectivity index (χ4v) is 6.04.